The first-order chi connectivity index (χ1) is 11.3. The number of H-pyrrole nitrogens is 1. The highest BCUT2D eigenvalue weighted by Crippen LogP contribution is 2.32. The lowest BCUT2D eigenvalue weighted by Crippen LogP contribution is -1.89. The smallest absolute Gasteiger partial charge is 0.157 e. The SMILES string of the molecule is Brc1cnc2[nH]c(-c3ccccc3Oc3ccccc3)nc2c1. The van der Waals surface area contributed by atoms with Crippen LogP contribution in [0.1, 0.15) is 0 Å². The fourth-order valence-corrected chi connectivity index (χ4v) is 2.68. The second-order valence-corrected chi connectivity index (χ2v) is 5.93. The number of fused-ring (bicyclic) bond motifs is 1. The number of aromatic nitrogens is 3. The topological polar surface area (TPSA) is 50.8 Å². The van der Waals surface area contributed by atoms with Crippen molar-refractivity contribution >= 4 is 27.1 Å². The van der Waals surface area contributed by atoms with Crippen LogP contribution in [-0.2, 0) is 0 Å². The van der Waals surface area contributed by atoms with E-state index in [9.17, 15) is 0 Å². The van der Waals surface area contributed by atoms with Gasteiger partial charge in [0.1, 0.15) is 22.8 Å². The van der Waals surface area contributed by atoms with Crippen LogP contribution in [0.25, 0.3) is 22.6 Å². The van der Waals surface area contributed by atoms with Crippen molar-refractivity contribution in [2.75, 3.05) is 0 Å². The number of aromatic amines is 1. The summed E-state index contributed by atoms with van der Waals surface area (Å²) in [4.78, 5) is 12.2. The molecule has 0 radical (unpaired) electrons. The van der Waals surface area contributed by atoms with Crippen molar-refractivity contribution in [1.82, 2.24) is 15.0 Å². The number of pyridine rings is 1. The van der Waals surface area contributed by atoms with Gasteiger partial charge in [0, 0.05) is 10.7 Å². The monoisotopic (exact) mass is 365 g/mol. The quantitative estimate of drug-likeness (QED) is 0.544. The first-order valence-electron chi connectivity index (χ1n) is 7.13. The Hall–Kier alpha value is -2.66. The zero-order chi connectivity index (χ0) is 15.6. The third kappa shape index (κ3) is 2.83. The molecule has 0 aliphatic carbocycles. The number of benzene rings is 2. The number of nitrogens with one attached hydrogen (secondary N) is 1. The van der Waals surface area contributed by atoms with Crippen LogP contribution in [0.3, 0.4) is 0 Å². The molecule has 2 aromatic carbocycles. The van der Waals surface area contributed by atoms with Crippen LogP contribution < -0.4 is 4.74 Å². The predicted octanol–water partition coefficient (Wildman–Crippen LogP) is 5.18. The van der Waals surface area contributed by atoms with Crippen molar-refractivity contribution in [3.05, 3.63) is 71.3 Å². The van der Waals surface area contributed by atoms with E-state index in [0.717, 1.165) is 38.5 Å². The molecule has 0 atom stereocenters. The third-order valence-electron chi connectivity index (χ3n) is 3.42. The van der Waals surface area contributed by atoms with Gasteiger partial charge in [-0.05, 0) is 46.3 Å². The van der Waals surface area contributed by atoms with Gasteiger partial charge in [-0.1, -0.05) is 30.3 Å². The minimum absolute atomic E-state index is 0.733. The maximum Gasteiger partial charge on any atom is 0.157 e. The Kier molecular flexibility index (Phi) is 3.55. The first-order valence-corrected chi connectivity index (χ1v) is 7.92. The summed E-state index contributed by atoms with van der Waals surface area (Å²) in [6.07, 6.45) is 1.75. The number of ether oxygens (including phenoxy) is 1. The maximum atomic E-state index is 5.99. The number of rotatable bonds is 3. The average Bonchev–Trinajstić information content (AvgIpc) is 2.99. The molecule has 4 nitrogen and oxygen atoms in total. The van der Waals surface area contributed by atoms with Gasteiger partial charge < -0.3 is 9.72 Å². The highest BCUT2D eigenvalue weighted by Gasteiger charge is 2.12. The van der Waals surface area contributed by atoms with E-state index in [0.29, 0.717) is 0 Å². The minimum atomic E-state index is 0.733. The van der Waals surface area contributed by atoms with E-state index in [1.807, 2.05) is 60.7 Å². The highest BCUT2D eigenvalue weighted by molar-refractivity contribution is 9.10. The molecule has 2 heterocycles. The van der Waals surface area contributed by atoms with Crippen LogP contribution in [0.2, 0.25) is 0 Å². The molecular weight excluding hydrogens is 354 g/mol. The summed E-state index contributed by atoms with van der Waals surface area (Å²) in [5.41, 5.74) is 2.45. The molecule has 23 heavy (non-hydrogen) atoms. The Labute approximate surface area is 141 Å². The number of imidazole rings is 1. The van der Waals surface area contributed by atoms with Crippen LogP contribution in [-0.4, -0.2) is 15.0 Å². The van der Waals surface area contributed by atoms with E-state index in [4.69, 9.17) is 4.74 Å². The van der Waals surface area contributed by atoms with Gasteiger partial charge in [-0.25, -0.2) is 9.97 Å². The summed E-state index contributed by atoms with van der Waals surface area (Å²) in [6, 6.07) is 19.4. The Balaban J connectivity index is 1.78. The fourth-order valence-electron chi connectivity index (χ4n) is 2.37. The molecule has 0 unspecified atom stereocenters. The molecule has 4 rings (SSSR count). The molecule has 0 aliphatic heterocycles. The molecule has 112 valence electrons. The number of nitrogens with zero attached hydrogens (tertiary/aromatic N) is 2. The zero-order valence-electron chi connectivity index (χ0n) is 12.0. The molecular formula is C18H12BrN3O. The van der Waals surface area contributed by atoms with Crippen molar-refractivity contribution in [1.29, 1.82) is 0 Å². The molecule has 0 saturated carbocycles. The zero-order valence-corrected chi connectivity index (χ0v) is 13.6. The van der Waals surface area contributed by atoms with Gasteiger partial charge in [0.25, 0.3) is 0 Å². The lowest BCUT2D eigenvalue weighted by molar-refractivity contribution is 0.484. The van der Waals surface area contributed by atoms with Gasteiger partial charge in [-0.2, -0.15) is 0 Å². The highest BCUT2D eigenvalue weighted by atomic mass is 79.9. The van der Waals surface area contributed by atoms with Gasteiger partial charge in [0.2, 0.25) is 0 Å². The van der Waals surface area contributed by atoms with Crippen LogP contribution in [0.4, 0.5) is 0 Å². The van der Waals surface area contributed by atoms with Gasteiger partial charge in [-0.3, -0.25) is 0 Å². The Morgan fingerprint density at radius 3 is 2.61 bits per heavy atom. The van der Waals surface area contributed by atoms with E-state index in [1.165, 1.54) is 0 Å². The molecule has 1 N–H and O–H groups in total. The number of hydrogen-bond donors (Lipinski definition) is 1. The summed E-state index contributed by atoms with van der Waals surface area (Å²) in [6.45, 7) is 0. The summed E-state index contributed by atoms with van der Waals surface area (Å²) in [5, 5.41) is 0. The summed E-state index contributed by atoms with van der Waals surface area (Å²) in [7, 11) is 0. The van der Waals surface area contributed by atoms with Gasteiger partial charge in [0.15, 0.2) is 5.65 Å². The molecule has 0 fully saturated rings. The average molecular weight is 366 g/mol. The van der Waals surface area contributed by atoms with Gasteiger partial charge in [-0.15, -0.1) is 0 Å². The van der Waals surface area contributed by atoms with E-state index < -0.39 is 0 Å². The second kappa shape index (κ2) is 5.85. The lowest BCUT2D eigenvalue weighted by atomic mass is 10.2. The van der Waals surface area contributed by atoms with Crippen LogP contribution in [0.15, 0.2) is 71.3 Å². The molecule has 0 saturated heterocycles. The number of hydrogen-bond acceptors (Lipinski definition) is 3. The third-order valence-corrected chi connectivity index (χ3v) is 3.85. The Morgan fingerprint density at radius 1 is 0.957 bits per heavy atom. The van der Waals surface area contributed by atoms with Gasteiger partial charge >= 0.3 is 0 Å². The van der Waals surface area contributed by atoms with Crippen molar-refractivity contribution in [2.24, 2.45) is 0 Å². The lowest BCUT2D eigenvalue weighted by Gasteiger charge is -2.09. The second-order valence-electron chi connectivity index (χ2n) is 5.02. The summed E-state index contributed by atoms with van der Waals surface area (Å²) < 4.78 is 6.89. The fraction of sp³-hybridized carbons (Fsp3) is 0. The minimum Gasteiger partial charge on any atom is -0.457 e. The molecule has 0 aliphatic rings. The normalized spacial score (nSPS) is 10.8. The summed E-state index contributed by atoms with van der Waals surface area (Å²) in [5.74, 6) is 2.27. The first kappa shape index (κ1) is 14.0. The van der Waals surface area contributed by atoms with Crippen molar-refractivity contribution in [2.45, 2.75) is 0 Å². The molecule has 4 aromatic rings. The molecule has 0 bridgehead atoms. The maximum absolute atomic E-state index is 5.99. The predicted molar refractivity (Wildman–Crippen MR) is 93.5 cm³/mol. The molecule has 0 spiro atoms. The largest absolute Gasteiger partial charge is 0.457 e. The molecule has 0 amide bonds. The van der Waals surface area contributed by atoms with E-state index in [2.05, 4.69) is 30.9 Å². The molecule has 2 aromatic heterocycles. The van der Waals surface area contributed by atoms with Crippen LogP contribution in [0, 0.1) is 0 Å². The van der Waals surface area contributed by atoms with Gasteiger partial charge in [0.05, 0.1) is 5.56 Å². The van der Waals surface area contributed by atoms with Crippen LogP contribution >= 0.6 is 15.9 Å². The van der Waals surface area contributed by atoms with Crippen molar-refractivity contribution in [3.8, 4) is 22.9 Å². The van der Waals surface area contributed by atoms with Crippen LogP contribution in [0.5, 0.6) is 11.5 Å². The van der Waals surface area contributed by atoms with E-state index in [-0.39, 0.29) is 0 Å². The Morgan fingerprint density at radius 2 is 1.74 bits per heavy atom. The van der Waals surface area contributed by atoms with Crippen molar-refractivity contribution in [3.63, 3.8) is 0 Å². The Bertz CT molecular complexity index is 966. The standard InChI is InChI=1S/C18H12BrN3O/c19-12-10-15-18(20-11-12)22-17(21-15)14-8-4-5-9-16(14)23-13-6-2-1-3-7-13/h1-11H,(H,20,21,22). The van der Waals surface area contributed by atoms with Crippen molar-refractivity contribution < 1.29 is 4.74 Å². The summed E-state index contributed by atoms with van der Waals surface area (Å²) >= 11 is 3.42. The van der Waals surface area contributed by atoms with E-state index >= 15 is 0 Å². The van der Waals surface area contributed by atoms with E-state index in [1.54, 1.807) is 6.20 Å². The number of halogens is 1. The molecule has 5 heteroatoms. The number of para-hydroxylation sites is 2.